The van der Waals surface area contributed by atoms with Gasteiger partial charge in [-0.3, -0.25) is 19.2 Å². The normalized spacial score (nSPS) is 11.3. The van der Waals surface area contributed by atoms with E-state index in [1.807, 2.05) is 13.0 Å². The number of sulfonamides is 1. The summed E-state index contributed by atoms with van der Waals surface area (Å²) in [6, 6.07) is 21.4. The Morgan fingerprint density at radius 3 is 2.26 bits per heavy atom. The Morgan fingerprint density at radius 2 is 1.65 bits per heavy atom. The zero-order chi connectivity index (χ0) is 24.6. The number of para-hydroxylation sites is 1. The molecule has 0 fully saturated rings. The molecule has 8 nitrogen and oxygen atoms in total. The van der Waals surface area contributed by atoms with Gasteiger partial charge in [0.05, 0.1) is 15.5 Å². The maximum absolute atomic E-state index is 13.3. The van der Waals surface area contributed by atoms with Crippen molar-refractivity contribution in [2.45, 2.75) is 18.2 Å². The molecule has 0 saturated heterocycles. The molecular formula is C25H25N3O5S. The fraction of sp³-hybridized carbons (Fsp3) is 0.160. The zero-order valence-corrected chi connectivity index (χ0v) is 19.4. The van der Waals surface area contributed by atoms with Gasteiger partial charge in [-0.25, -0.2) is 8.42 Å². The minimum atomic E-state index is -3.77. The van der Waals surface area contributed by atoms with Gasteiger partial charge in [-0.05, 0) is 61.4 Å². The Bertz CT molecular complexity index is 1260. The van der Waals surface area contributed by atoms with Crippen molar-refractivity contribution in [3.63, 3.8) is 0 Å². The van der Waals surface area contributed by atoms with Crippen molar-refractivity contribution in [2.75, 3.05) is 17.4 Å². The number of non-ortho nitro benzene ring substituents is 1. The van der Waals surface area contributed by atoms with Gasteiger partial charge in [-0.15, -0.1) is 0 Å². The van der Waals surface area contributed by atoms with Gasteiger partial charge in [0.15, 0.2) is 0 Å². The number of nitro groups is 1. The third-order valence-electron chi connectivity index (χ3n) is 5.02. The summed E-state index contributed by atoms with van der Waals surface area (Å²) >= 11 is 0. The Hall–Kier alpha value is -3.98. The molecule has 34 heavy (non-hydrogen) atoms. The van der Waals surface area contributed by atoms with Crippen LogP contribution in [0.3, 0.4) is 0 Å². The third kappa shape index (κ3) is 6.52. The SMILES string of the molecule is Cc1ccc(S(=O)(=O)N(CCCNC(=O)/C=C/c2ccc([N+](=O)[O-])cc2)c2ccccc2)cc1. The number of benzene rings is 3. The molecule has 0 radical (unpaired) electrons. The topological polar surface area (TPSA) is 110 Å². The van der Waals surface area contributed by atoms with E-state index in [1.165, 1.54) is 22.5 Å². The molecule has 0 bridgehead atoms. The van der Waals surface area contributed by atoms with Gasteiger partial charge < -0.3 is 5.32 Å². The van der Waals surface area contributed by atoms with Gasteiger partial charge >= 0.3 is 0 Å². The molecule has 0 unspecified atom stereocenters. The van der Waals surface area contributed by atoms with Crippen molar-refractivity contribution in [3.8, 4) is 0 Å². The molecule has 3 rings (SSSR count). The van der Waals surface area contributed by atoms with E-state index in [2.05, 4.69) is 5.32 Å². The minimum Gasteiger partial charge on any atom is -0.352 e. The van der Waals surface area contributed by atoms with Crippen LogP contribution in [0.25, 0.3) is 6.08 Å². The van der Waals surface area contributed by atoms with Crippen molar-refractivity contribution >= 4 is 33.4 Å². The van der Waals surface area contributed by atoms with Crippen molar-refractivity contribution < 1.29 is 18.1 Å². The zero-order valence-electron chi connectivity index (χ0n) is 18.6. The number of hydrogen-bond donors (Lipinski definition) is 1. The predicted octanol–water partition coefficient (Wildman–Crippen LogP) is 4.32. The number of nitrogens with one attached hydrogen (secondary N) is 1. The molecule has 0 aliphatic carbocycles. The highest BCUT2D eigenvalue weighted by atomic mass is 32.2. The van der Waals surface area contributed by atoms with Crippen LogP contribution in [-0.2, 0) is 14.8 Å². The van der Waals surface area contributed by atoms with E-state index in [0.717, 1.165) is 5.56 Å². The molecule has 176 valence electrons. The lowest BCUT2D eigenvalue weighted by atomic mass is 10.2. The first kappa shape index (κ1) is 24.7. The lowest BCUT2D eigenvalue weighted by molar-refractivity contribution is -0.384. The monoisotopic (exact) mass is 479 g/mol. The van der Waals surface area contributed by atoms with Crippen LogP contribution in [0, 0.1) is 17.0 Å². The first-order chi connectivity index (χ1) is 16.3. The Kier molecular flexibility index (Phi) is 8.15. The highest BCUT2D eigenvalue weighted by Crippen LogP contribution is 2.24. The summed E-state index contributed by atoms with van der Waals surface area (Å²) in [5.74, 6) is -0.342. The highest BCUT2D eigenvalue weighted by molar-refractivity contribution is 7.92. The van der Waals surface area contributed by atoms with Crippen molar-refractivity contribution in [1.82, 2.24) is 5.32 Å². The van der Waals surface area contributed by atoms with Crippen molar-refractivity contribution in [2.24, 2.45) is 0 Å². The molecule has 0 saturated carbocycles. The van der Waals surface area contributed by atoms with E-state index in [-0.39, 0.29) is 29.6 Å². The van der Waals surface area contributed by atoms with Crippen LogP contribution < -0.4 is 9.62 Å². The van der Waals surface area contributed by atoms with E-state index < -0.39 is 14.9 Å². The Morgan fingerprint density at radius 1 is 1.00 bits per heavy atom. The van der Waals surface area contributed by atoms with Crippen LogP contribution in [0.15, 0.2) is 89.8 Å². The molecule has 0 spiro atoms. The molecule has 0 aliphatic heterocycles. The lowest BCUT2D eigenvalue weighted by Crippen LogP contribution is -2.34. The summed E-state index contributed by atoms with van der Waals surface area (Å²) in [4.78, 5) is 22.5. The van der Waals surface area contributed by atoms with Crippen LogP contribution in [0.2, 0.25) is 0 Å². The summed E-state index contributed by atoms with van der Waals surface area (Å²) in [5, 5.41) is 13.4. The largest absolute Gasteiger partial charge is 0.352 e. The molecule has 1 N–H and O–H groups in total. The summed E-state index contributed by atoms with van der Waals surface area (Å²) < 4.78 is 27.9. The average Bonchev–Trinajstić information content (AvgIpc) is 2.83. The molecule has 9 heteroatoms. The Balaban J connectivity index is 1.61. The second-order valence-corrected chi connectivity index (χ2v) is 9.41. The van der Waals surface area contributed by atoms with Crippen molar-refractivity contribution in [1.29, 1.82) is 0 Å². The number of hydrogen-bond acceptors (Lipinski definition) is 5. The minimum absolute atomic E-state index is 0.0230. The maximum Gasteiger partial charge on any atom is 0.269 e. The quantitative estimate of drug-likeness (QED) is 0.202. The first-order valence-electron chi connectivity index (χ1n) is 10.6. The number of carbonyl (C=O) groups excluding carboxylic acids is 1. The standard InChI is InChI=1S/C25H25N3O5S/c1-20-8-15-24(16-9-20)34(32,33)27(22-6-3-2-4-7-22)19-5-18-26-25(29)17-12-21-10-13-23(14-11-21)28(30)31/h2-4,6-17H,5,18-19H2,1H3,(H,26,29)/b17-12+. The molecule has 0 aromatic heterocycles. The van der Waals surface area contributed by atoms with Gasteiger partial charge in [-0.2, -0.15) is 0 Å². The number of amides is 1. The van der Waals surface area contributed by atoms with Crippen LogP contribution in [-0.4, -0.2) is 32.3 Å². The van der Waals surface area contributed by atoms with Crippen LogP contribution in [0.1, 0.15) is 17.5 Å². The van der Waals surface area contributed by atoms with Crippen LogP contribution >= 0.6 is 0 Å². The van der Waals surface area contributed by atoms with E-state index in [0.29, 0.717) is 17.7 Å². The van der Waals surface area contributed by atoms with Gasteiger partial charge in [0.25, 0.3) is 15.7 Å². The summed E-state index contributed by atoms with van der Waals surface area (Å²) in [6.07, 6.45) is 3.29. The number of carbonyl (C=O) groups is 1. The van der Waals surface area contributed by atoms with E-state index in [1.54, 1.807) is 66.7 Å². The summed E-state index contributed by atoms with van der Waals surface area (Å²) in [6.45, 7) is 2.35. The van der Waals surface area contributed by atoms with E-state index >= 15 is 0 Å². The fourth-order valence-electron chi connectivity index (χ4n) is 3.19. The number of anilines is 1. The Labute approximate surface area is 198 Å². The van der Waals surface area contributed by atoms with Gasteiger partial charge in [-0.1, -0.05) is 35.9 Å². The summed E-state index contributed by atoms with van der Waals surface area (Å²) in [5.41, 5.74) is 2.15. The van der Waals surface area contributed by atoms with Crippen LogP contribution in [0.5, 0.6) is 0 Å². The molecule has 1 amide bonds. The second kappa shape index (κ2) is 11.2. The number of nitrogens with zero attached hydrogens (tertiary/aromatic N) is 2. The van der Waals surface area contributed by atoms with Gasteiger partial charge in [0, 0.05) is 31.3 Å². The smallest absolute Gasteiger partial charge is 0.269 e. The number of nitro benzene ring substituents is 1. The maximum atomic E-state index is 13.3. The molecule has 0 atom stereocenters. The number of aryl methyl sites for hydroxylation is 1. The first-order valence-corrected chi connectivity index (χ1v) is 12.1. The van der Waals surface area contributed by atoms with Gasteiger partial charge in [0.2, 0.25) is 5.91 Å². The average molecular weight is 480 g/mol. The lowest BCUT2D eigenvalue weighted by Gasteiger charge is -2.24. The van der Waals surface area contributed by atoms with Gasteiger partial charge in [0.1, 0.15) is 0 Å². The number of rotatable bonds is 10. The van der Waals surface area contributed by atoms with Crippen LogP contribution in [0.4, 0.5) is 11.4 Å². The fourth-order valence-corrected chi connectivity index (χ4v) is 4.70. The molecule has 3 aromatic carbocycles. The van der Waals surface area contributed by atoms with E-state index in [9.17, 15) is 23.3 Å². The molecular weight excluding hydrogens is 454 g/mol. The second-order valence-electron chi connectivity index (χ2n) is 7.55. The molecule has 0 aliphatic rings. The summed E-state index contributed by atoms with van der Waals surface area (Å²) in [7, 11) is -3.77. The third-order valence-corrected chi connectivity index (χ3v) is 6.86. The predicted molar refractivity (Wildman–Crippen MR) is 132 cm³/mol. The van der Waals surface area contributed by atoms with Crippen molar-refractivity contribution in [3.05, 3.63) is 106 Å². The molecule has 0 heterocycles. The molecule has 3 aromatic rings. The van der Waals surface area contributed by atoms with E-state index in [4.69, 9.17) is 0 Å². The highest BCUT2D eigenvalue weighted by Gasteiger charge is 2.24.